The fourth-order valence-electron chi connectivity index (χ4n) is 3.97. The first kappa shape index (κ1) is 27.0. The monoisotopic (exact) mass is 440 g/mol. The summed E-state index contributed by atoms with van der Waals surface area (Å²) < 4.78 is 0. The Morgan fingerprint density at radius 2 is 1.13 bits per heavy atom. The molecule has 0 fully saturated rings. The van der Waals surface area contributed by atoms with Gasteiger partial charge in [0, 0.05) is 12.2 Å². The zero-order valence-corrected chi connectivity index (χ0v) is 21.5. The minimum Gasteiger partial charge on any atom is -0.328 e. The van der Waals surface area contributed by atoms with Gasteiger partial charge in [0.15, 0.2) is 0 Å². The molecular weight excluding hydrogens is 400 g/mol. The molecule has 0 aliphatic heterocycles. The fraction of sp³-hybridized carbons (Fsp3) is 0.464. The summed E-state index contributed by atoms with van der Waals surface area (Å²) >= 11 is 0. The third-order valence-corrected chi connectivity index (χ3v) is 5.62. The molecule has 0 atom stereocenters. The zero-order valence-electron chi connectivity index (χ0n) is 20.6. The number of anilines is 1. The molecule has 0 bridgehead atoms. The van der Waals surface area contributed by atoms with Crippen LogP contribution in [0, 0.1) is 0 Å². The van der Waals surface area contributed by atoms with Crippen LogP contribution in [0.1, 0.15) is 101 Å². The van der Waals surface area contributed by atoms with E-state index in [1.54, 1.807) is 0 Å². The van der Waals surface area contributed by atoms with Crippen LogP contribution in [-0.2, 0) is 0 Å². The molecule has 0 aromatic heterocycles. The summed E-state index contributed by atoms with van der Waals surface area (Å²) in [4.78, 5) is 7.37. The van der Waals surface area contributed by atoms with Gasteiger partial charge in [0.2, 0.25) is 0 Å². The van der Waals surface area contributed by atoms with E-state index in [4.69, 9.17) is 4.99 Å². The minimum atomic E-state index is 0. The van der Waals surface area contributed by atoms with Crippen LogP contribution in [0.3, 0.4) is 0 Å². The molecule has 0 amide bonds. The molecule has 0 spiro atoms. The number of aliphatic imine (C=N–C) groups is 1. The maximum Gasteiger partial charge on any atom is 0.0960 e. The first-order valence-corrected chi connectivity index (χ1v) is 11.4. The normalized spacial score (nSPS) is 11.6. The van der Waals surface area contributed by atoms with Crippen LogP contribution in [0.5, 0.6) is 0 Å². The Balaban J connectivity index is 0.00000480. The van der Waals surface area contributed by atoms with Crippen molar-refractivity contribution in [2.24, 2.45) is 4.99 Å². The first-order chi connectivity index (χ1) is 14.2. The van der Waals surface area contributed by atoms with Crippen LogP contribution in [0.15, 0.2) is 54.0 Å². The van der Waals surface area contributed by atoms with E-state index in [2.05, 4.69) is 103 Å². The Morgan fingerprint density at radius 1 is 0.742 bits per heavy atom. The van der Waals surface area contributed by atoms with Crippen molar-refractivity contribution in [2.45, 2.75) is 79.1 Å². The number of halogens is 1. The molecule has 2 aromatic carbocycles. The van der Waals surface area contributed by atoms with Crippen LogP contribution in [0.2, 0.25) is 0 Å². The minimum absolute atomic E-state index is 0. The molecule has 3 heteroatoms. The van der Waals surface area contributed by atoms with Crippen molar-refractivity contribution in [1.29, 1.82) is 0 Å². The molecule has 0 aliphatic carbocycles. The lowest BCUT2D eigenvalue weighted by molar-refractivity contribution is 0.826. The molecule has 31 heavy (non-hydrogen) atoms. The van der Waals surface area contributed by atoms with Crippen LogP contribution >= 0.6 is 12.4 Å². The zero-order chi connectivity index (χ0) is 22.4. The van der Waals surface area contributed by atoms with E-state index in [1.807, 2.05) is 12.4 Å². The van der Waals surface area contributed by atoms with Gasteiger partial charge >= 0.3 is 0 Å². The Kier molecular flexibility index (Phi) is 10.5. The third-order valence-electron chi connectivity index (χ3n) is 5.62. The average Bonchev–Trinajstić information content (AvgIpc) is 2.69. The third kappa shape index (κ3) is 6.46. The Labute approximate surface area is 196 Å². The maximum atomic E-state index is 5.10. The van der Waals surface area contributed by atoms with Crippen molar-refractivity contribution >= 4 is 30.1 Å². The summed E-state index contributed by atoms with van der Waals surface area (Å²) in [6.45, 7) is 22.8. The molecule has 0 saturated heterocycles. The van der Waals surface area contributed by atoms with Gasteiger partial charge in [-0.05, 0) is 45.9 Å². The molecule has 0 radical (unpaired) electrons. The van der Waals surface area contributed by atoms with Crippen LogP contribution in [0.4, 0.5) is 11.4 Å². The maximum absolute atomic E-state index is 5.10. The quantitative estimate of drug-likeness (QED) is 0.216. The topological polar surface area (TPSA) is 15.6 Å². The number of benzene rings is 2. The summed E-state index contributed by atoms with van der Waals surface area (Å²) in [5, 5.41) is 0. The lowest BCUT2D eigenvalue weighted by atomic mass is 9.92. The molecule has 170 valence electrons. The van der Waals surface area contributed by atoms with Gasteiger partial charge in [0.25, 0.3) is 0 Å². The highest BCUT2D eigenvalue weighted by molar-refractivity contribution is 5.86. The van der Waals surface area contributed by atoms with Crippen molar-refractivity contribution in [1.82, 2.24) is 0 Å². The standard InChI is InChI=1S/C28H40N2.ClH/c1-10-17-30(28-25(21(6)7)15-12-16-26(28)22(8)9)18-29-27-23(19(2)3)13-11-14-24(27)20(4)5;/h10-16,18-22H,1,17H2,2-9H3;1H. The van der Waals surface area contributed by atoms with E-state index >= 15 is 0 Å². The molecule has 2 aromatic rings. The number of rotatable bonds is 9. The average molecular weight is 441 g/mol. The second-order valence-corrected chi connectivity index (χ2v) is 9.37. The van der Waals surface area contributed by atoms with Crippen molar-refractivity contribution in [3.05, 3.63) is 71.3 Å². The molecule has 0 saturated carbocycles. The summed E-state index contributed by atoms with van der Waals surface area (Å²) in [5.74, 6) is 1.73. The predicted octanol–water partition coefficient (Wildman–Crippen LogP) is 8.95. The number of hydrogen-bond acceptors (Lipinski definition) is 1. The fourth-order valence-corrected chi connectivity index (χ4v) is 3.97. The smallest absolute Gasteiger partial charge is 0.0960 e. The highest BCUT2D eigenvalue weighted by Crippen LogP contribution is 2.37. The molecule has 2 rings (SSSR count). The molecule has 0 N–H and O–H groups in total. The Morgan fingerprint density at radius 3 is 1.48 bits per heavy atom. The van der Waals surface area contributed by atoms with Gasteiger partial charge in [0.1, 0.15) is 0 Å². The molecule has 2 nitrogen and oxygen atoms in total. The van der Waals surface area contributed by atoms with E-state index in [-0.39, 0.29) is 12.4 Å². The predicted molar refractivity (Wildman–Crippen MR) is 142 cm³/mol. The molecule has 0 heterocycles. The van der Waals surface area contributed by atoms with Gasteiger partial charge in [-0.1, -0.05) is 97.9 Å². The number of hydrogen-bond donors (Lipinski definition) is 0. The molecule has 0 unspecified atom stereocenters. The van der Waals surface area contributed by atoms with Crippen LogP contribution in [-0.4, -0.2) is 12.9 Å². The number of nitrogens with zero attached hydrogens (tertiary/aromatic N) is 2. The lowest BCUT2D eigenvalue weighted by Crippen LogP contribution is -2.24. The van der Waals surface area contributed by atoms with E-state index in [9.17, 15) is 0 Å². The highest BCUT2D eigenvalue weighted by Gasteiger charge is 2.19. The van der Waals surface area contributed by atoms with Gasteiger partial charge in [-0.3, -0.25) is 0 Å². The Hall–Kier alpha value is -2.06. The van der Waals surface area contributed by atoms with Crippen molar-refractivity contribution < 1.29 is 0 Å². The number of para-hydroxylation sites is 2. The Bertz CT molecular complexity index is 826. The lowest BCUT2D eigenvalue weighted by Gasteiger charge is -2.28. The van der Waals surface area contributed by atoms with Gasteiger partial charge in [-0.2, -0.15) is 0 Å². The molecule has 0 aliphatic rings. The summed E-state index contributed by atoms with van der Waals surface area (Å²) in [6.07, 6.45) is 3.99. The van der Waals surface area contributed by atoms with Crippen LogP contribution in [0.25, 0.3) is 0 Å². The largest absolute Gasteiger partial charge is 0.328 e. The van der Waals surface area contributed by atoms with Crippen molar-refractivity contribution in [3.63, 3.8) is 0 Å². The van der Waals surface area contributed by atoms with Gasteiger partial charge < -0.3 is 4.90 Å². The van der Waals surface area contributed by atoms with E-state index in [1.165, 1.54) is 27.9 Å². The van der Waals surface area contributed by atoms with Crippen molar-refractivity contribution in [2.75, 3.05) is 11.4 Å². The van der Waals surface area contributed by atoms with E-state index in [0.29, 0.717) is 23.7 Å². The van der Waals surface area contributed by atoms with E-state index in [0.717, 1.165) is 12.2 Å². The van der Waals surface area contributed by atoms with Crippen LogP contribution < -0.4 is 4.90 Å². The SMILES string of the molecule is C=CCN(C=Nc1c(C(C)C)cccc1C(C)C)c1c(C(C)C)cccc1C(C)C.Cl. The summed E-state index contributed by atoms with van der Waals surface area (Å²) in [5.41, 5.74) is 7.71. The van der Waals surface area contributed by atoms with Crippen molar-refractivity contribution in [3.8, 4) is 0 Å². The molecular formula is C28H41ClN2. The second-order valence-electron chi connectivity index (χ2n) is 9.37. The summed E-state index contributed by atoms with van der Waals surface area (Å²) in [7, 11) is 0. The second kappa shape index (κ2) is 12.1. The van der Waals surface area contributed by atoms with E-state index < -0.39 is 0 Å². The van der Waals surface area contributed by atoms with Gasteiger partial charge in [-0.15, -0.1) is 19.0 Å². The highest BCUT2D eigenvalue weighted by atomic mass is 35.5. The summed E-state index contributed by atoms with van der Waals surface area (Å²) in [6, 6.07) is 13.3. The van der Waals surface area contributed by atoms with Gasteiger partial charge in [0.05, 0.1) is 12.0 Å². The first-order valence-electron chi connectivity index (χ1n) is 11.4. The van der Waals surface area contributed by atoms with Gasteiger partial charge in [-0.25, -0.2) is 4.99 Å².